The van der Waals surface area contributed by atoms with Crippen molar-refractivity contribution < 1.29 is 0 Å². The summed E-state index contributed by atoms with van der Waals surface area (Å²) in [5.41, 5.74) is 4.61. The summed E-state index contributed by atoms with van der Waals surface area (Å²) in [6, 6.07) is 7.79. The zero-order valence-electron chi connectivity index (χ0n) is 10.4. The molecule has 15 heavy (non-hydrogen) atoms. The first-order chi connectivity index (χ1) is 7.33. The second-order valence-electron chi connectivity index (χ2n) is 4.21. The van der Waals surface area contributed by atoms with Crippen LogP contribution in [0.5, 0.6) is 0 Å². The predicted molar refractivity (Wildman–Crippen MR) is 67.3 cm³/mol. The van der Waals surface area contributed by atoms with Gasteiger partial charge in [-0.15, -0.1) is 0 Å². The van der Waals surface area contributed by atoms with Crippen molar-refractivity contribution in [2.45, 2.75) is 59.3 Å². The standard InChI is InChI=1S/C15H23/c1-4-8-13-11-7-12-14(9-5-2)15(13)10-6-3/h7,11H,4-6,8-10H2,1-3H3. The highest BCUT2D eigenvalue weighted by Crippen LogP contribution is 2.19. The van der Waals surface area contributed by atoms with Gasteiger partial charge in [0.1, 0.15) is 0 Å². The van der Waals surface area contributed by atoms with Crippen LogP contribution >= 0.6 is 0 Å². The van der Waals surface area contributed by atoms with E-state index in [9.17, 15) is 0 Å². The van der Waals surface area contributed by atoms with E-state index in [0.717, 1.165) is 0 Å². The molecule has 0 aromatic heterocycles. The van der Waals surface area contributed by atoms with Gasteiger partial charge in [0.2, 0.25) is 0 Å². The molecule has 0 fully saturated rings. The normalized spacial score (nSPS) is 10.6. The third kappa shape index (κ3) is 3.37. The van der Waals surface area contributed by atoms with Gasteiger partial charge in [-0.3, -0.25) is 0 Å². The van der Waals surface area contributed by atoms with Gasteiger partial charge in [0.25, 0.3) is 0 Å². The third-order valence-corrected chi connectivity index (χ3v) is 2.81. The van der Waals surface area contributed by atoms with E-state index in [-0.39, 0.29) is 0 Å². The molecular weight excluding hydrogens is 180 g/mol. The summed E-state index contributed by atoms with van der Waals surface area (Å²) in [6.45, 7) is 6.76. The van der Waals surface area contributed by atoms with Crippen LogP contribution in [0.1, 0.15) is 56.7 Å². The molecular formula is C15H23. The number of aryl methyl sites for hydroxylation is 2. The Labute approximate surface area is 94.7 Å². The van der Waals surface area contributed by atoms with Crippen molar-refractivity contribution in [1.29, 1.82) is 0 Å². The summed E-state index contributed by atoms with van der Waals surface area (Å²) in [5, 5.41) is 0. The van der Waals surface area contributed by atoms with Crippen LogP contribution in [0.15, 0.2) is 12.1 Å². The molecule has 83 valence electrons. The molecule has 0 unspecified atom stereocenters. The zero-order chi connectivity index (χ0) is 11.1. The molecule has 1 radical (unpaired) electrons. The fourth-order valence-electron chi connectivity index (χ4n) is 2.16. The largest absolute Gasteiger partial charge is 0.0651 e. The van der Waals surface area contributed by atoms with E-state index in [1.165, 1.54) is 44.1 Å². The summed E-state index contributed by atoms with van der Waals surface area (Å²) in [7, 11) is 0. The lowest BCUT2D eigenvalue weighted by Gasteiger charge is -2.13. The second-order valence-corrected chi connectivity index (χ2v) is 4.21. The van der Waals surface area contributed by atoms with Crippen molar-refractivity contribution >= 4 is 0 Å². The molecule has 0 saturated heterocycles. The maximum Gasteiger partial charge on any atom is -0.0146 e. The summed E-state index contributed by atoms with van der Waals surface area (Å²) in [5.74, 6) is 0. The average molecular weight is 203 g/mol. The summed E-state index contributed by atoms with van der Waals surface area (Å²) in [6.07, 6.45) is 7.34. The van der Waals surface area contributed by atoms with Gasteiger partial charge in [0.15, 0.2) is 0 Å². The summed E-state index contributed by atoms with van der Waals surface area (Å²) in [4.78, 5) is 0. The van der Waals surface area contributed by atoms with Crippen molar-refractivity contribution in [2.24, 2.45) is 0 Å². The Morgan fingerprint density at radius 2 is 1.60 bits per heavy atom. The van der Waals surface area contributed by atoms with Crippen molar-refractivity contribution in [3.05, 3.63) is 34.9 Å². The highest BCUT2D eigenvalue weighted by molar-refractivity contribution is 5.35. The van der Waals surface area contributed by atoms with Crippen LogP contribution < -0.4 is 0 Å². The van der Waals surface area contributed by atoms with Crippen molar-refractivity contribution in [1.82, 2.24) is 0 Å². The summed E-state index contributed by atoms with van der Waals surface area (Å²) >= 11 is 0. The molecule has 1 aromatic rings. The Morgan fingerprint density at radius 1 is 0.933 bits per heavy atom. The molecule has 0 spiro atoms. The van der Waals surface area contributed by atoms with Gasteiger partial charge in [-0.2, -0.15) is 0 Å². The highest BCUT2D eigenvalue weighted by Gasteiger charge is 2.06. The minimum atomic E-state index is 1.19. The maximum atomic E-state index is 3.42. The quantitative estimate of drug-likeness (QED) is 0.645. The van der Waals surface area contributed by atoms with Crippen LogP contribution in [0.3, 0.4) is 0 Å². The van der Waals surface area contributed by atoms with Crippen molar-refractivity contribution in [3.63, 3.8) is 0 Å². The first kappa shape index (κ1) is 12.3. The molecule has 0 nitrogen and oxygen atoms in total. The van der Waals surface area contributed by atoms with Gasteiger partial charge < -0.3 is 0 Å². The van der Waals surface area contributed by atoms with Crippen LogP contribution in [-0.2, 0) is 19.3 Å². The Morgan fingerprint density at radius 3 is 2.20 bits per heavy atom. The molecule has 0 N–H and O–H groups in total. The maximum absolute atomic E-state index is 3.42. The first-order valence-electron chi connectivity index (χ1n) is 6.34. The Balaban J connectivity index is 2.97. The fraction of sp³-hybridized carbons (Fsp3) is 0.600. The molecule has 1 rings (SSSR count). The SMILES string of the molecule is CCCc1[c]ccc(CCC)c1CCC. The van der Waals surface area contributed by atoms with Crippen molar-refractivity contribution in [2.75, 3.05) is 0 Å². The van der Waals surface area contributed by atoms with E-state index in [0.29, 0.717) is 0 Å². The van der Waals surface area contributed by atoms with Gasteiger partial charge in [0.05, 0.1) is 0 Å². The molecule has 0 atom stereocenters. The van der Waals surface area contributed by atoms with E-state index < -0.39 is 0 Å². The Hall–Kier alpha value is -0.780. The van der Waals surface area contributed by atoms with Crippen LogP contribution in [-0.4, -0.2) is 0 Å². The molecule has 0 amide bonds. The number of benzene rings is 1. The molecule has 0 aliphatic rings. The van der Waals surface area contributed by atoms with Gasteiger partial charge >= 0.3 is 0 Å². The number of rotatable bonds is 6. The second kappa shape index (κ2) is 6.66. The molecule has 0 saturated carbocycles. The highest BCUT2D eigenvalue weighted by atomic mass is 14.1. The molecule has 0 aliphatic carbocycles. The van der Waals surface area contributed by atoms with Gasteiger partial charge in [0, 0.05) is 0 Å². The van der Waals surface area contributed by atoms with E-state index in [4.69, 9.17) is 0 Å². The minimum absolute atomic E-state index is 1.19. The summed E-state index contributed by atoms with van der Waals surface area (Å²) < 4.78 is 0. The zero-order valence-corrected chi connectivity index (χ0v) is 10.4. The number of hydrogen-bond acceptors (Lipinski definition) is 0. The molecule has 1 aromatic carbocycles. The Bertz CT molecular complexity index is 262. The lowest BCUT2D eigenvalue weighted by atomic mass is 9.92. The number of hydrogen-bond donors (Lipinski definition) is 0. The van der Waals surface area contributed by atoms with E-state index >= 15 is 0 Å². The van der Waals surface area contributed by atoms with Crippen molar-refractivity contribution in [3.8, 4) is 0 Å². The van der Waals surface area contributed by atoms with Crippen LogP contribution in [0, 0.1) is 6.07 Å². The molecule has 0 aliphatic heterocycles. The average Bonchev–Trinajstić information content (AvgIpc) is 2.23. The smallest absolute Gasteiger partial charge is 0.0146 e. The van der Waals surface area contributed by atoms with Crippen LogP contribution in [0.2, 0.25) is 0 Å². The minimum Gasteiger partial charge on any atom is -0.0651 e. The first-order valence-corrected chi connectivity index (χ1v) is 6.34. The van der Waals surface area contributed by atoms with E-state index in [1.807, 2.05) is 0 Å². The lowest BCUT2D eigenvalue weighted by molar-refractivity contribution is 0.824. The van der Waals surface area contributed by atoms with Gasteiger partial charge in [-0.25, -0.2) is 0 Å². The molecule has 0 heterocycles. The predicted octanol–water partition coefficient (Wildman–Crippen LogP) is 4.34. The third-order valence-electron chi connectivity index (χ3n) is 2.81. The van der Waals surface area contributed by atoms with Crippen LogP contribution in [0.4, 0.5) is 0 Å². The fourth-order valence-corrected chi connectivity index (χ4v) is 2.16. The van der Waals surface area contributed by atoms with E-state index in [1.54, 1.807) is 11.1 Å². The molecule has 0 heteroatoms. The van der Waals surface area contributed by atoms with Crippen LogP contribution in [0.25, 0.3) is 0 Å². The van der Waals surface area contributed by atoms with Gasteiger partial charge in [-0.1, -0.05) is 52.2 Å². The van der Waals surface area contributed by atoms with E-state index in [2.05, 4.69) is 39.0 Å². The Kier molecular flexibility index (Phi) is 5.45. The monoisotopic (exact) mass is 203 g/mol. The topological polar surface area (TPSA) is 0 Å². The van der Waals surface area contributed by atoms with Gasteiger partial charge in [-0.05, 0) is 42.0 Å². The lowest BCUT2D eigenvalue weighted by Crippen LogP contribution is -2.00. The molecule has 0 bridgehead atoms.